The van der Waals surface area contributed by atoms with Crippen LogP contribution in [-0.4, -0.2) is 62.0 Å². The van der Waals surface area contributed by atoms with Crippen molar-refractivity contribution in [3.05, 3.63) is 94.0 Å². The van der Waals surface area contributed by atoms with Crippen LogP contribution in [0, 0.1) is 5.41 Å². The molecular formula is C28H30ClN5O2. The Kier molecular flexibility index (Phi) is 7.23. The lowest BCUT2D eigenvalue weighted by atomic mass is 9.98. The highest BCUT2D eigenvalue weighted by Gasteiger charge is 2.28. The first-order valence-electron chi connectivity index (χ1n) is 12.2. The zero-order valence-corrected chi connectivity index (χ0v) is 20.8. The van der Waals surface area contributed by atoms with E-state index in [1.807, 2.05) is 30.3 Å². The molecule has 5 rings (SSSR count). The van der Waals surface area contributed by atoms with Crippen molar-refractivity contribution in [1.29, 1.82) is 5.41 Å². The van der Waals surface area contributed by atoms with Gasteiger partial charge in [0, 0.05) is 65.8 Å². The van der Waals surface area contributed by atoms with Gasteiger partial charge in [0.25, 0.3) is 5.91 Å². The van der Waals surface area contributed by atoms with E-state index in [1.165, 1.54) is 0 Å². The quantitative estimate of drug-likeness (QED) is 0.337. The average molecular weight is 504 g/mol. The van der Waals surface area contributed by atoms with Gasteiger partial charge in [-0.05, 0) is 42.0 Å². The van der Waals surface area contributed by atoms with Crippen LogP contribution in [0.15, 0.2) is 66.7 Å². The van der Waals surface area contributed by atoms with Crippen LogP contribution in [0.4, 0.5) is 11.4 Å². The fourth-order valence-corrected chi connectivity index (χ4v) is 4.81. The second-order valence-corrected chi connectivity index (χ2v) is 9.62. The van der Waals surface area contributed by atoms with E-state index in [1.54, 1.807) is 24.3 Å². The van der Waals surface area contributed by atoms with Crippen molar-refractivity contribution in [3.63, 3.8) is 0 Å². The largest absolute Gasteiger partial charge is 0.398 e. The van der Waals surface area contributed by atoms with Crippen LogP contribution in [0.1, 0.15) is 27.0 Å². The Hall–Kier alpha value is -3.39. The average Bonchev–Trinajstić information content (AvgIpc) is 2.87. The number of anilines is 2. The number of nitrogens with one attached hydrogen (secondary N) is 2. The molecule has 0 aliphatic carbocycles. The van der Waals surface area contributed by atoms with E-state index >= 15 is 0 Å². The number of benzene rings is 3. The van der Waals surface area contributed by atoms with Gasteiger partial charge in [-0.2, -0.15) is 0 Å². The number of nitrogens with zero attached hydrogens (tertiary/aromatic N) is 2. The summed E-state index contributed by atoms with van der Waals surface area (Å²) in [6.07, 6.45) is 0. The van der Waals surface area contributed by atoms with Crippen molar-refractivity contribution in [2.75, 3.05) is 50.0 Å². The Morgan fingerprint density at radius 2 is 1.69 bits per heavy atom. The molecule has 3 aromatic rings. The third kappa shape index (κ3) is 5.23. The molecule has 0 unspecified atom stereocenters. The van der Waals surface area contributed by atoms with Gasteiger partial charge in [0.05, 0.1) is 25.0 Å². The predicted octanol–water partition coefficient (Wildman–Crippen LogP) is 3.79. The fraction of sp³-hybridized carbons (Fsp3) is 0.286. The maximum atomic E-state index is 12.8. The number of hydrogen-bond acceptors (Lipinski definition) is 6. The second kappa shape index (κ2) is 10.7. The van der Waals surface area contributed by atoms with E-state index in [0.29, 0.717) is 34.4 Å². The van der Waals surface area contributed by atoms with Gasteiger partial charge < -0.3 is 20.7 Å². The molecule has 3 aromatic carbocycles. The summed E-state index contributed by atoms with van der Waals surface area (Å²) in [5, 5.41) is 12.3. The molecule has 1 amide bonds. The minimum absolute atomic E-state index is 0.244. The summed E-state index contributed by atoms with van der Waals surface area (Å²) in [4.78, 5) is 17.7. The molecule has 186 valence electrons. The van der Waals surface area contributed by atoms with Gasteiger partial charge in [-0.3, -0.25) is 15.1 Å². The summed E-state index contributed by atoms with van der Waals surface area (Å²) in [5.41, 5.74) is 10.7. The molecule has 2 aliphatic heterocycles. The van der Waals surface area contributed by atoms with Crippen LogP contribution in [0.2, 0.25) is 5.02 Å². The molecular weight excluding hydrogens is 474 g/mol. The van der Waals surface area contributed by atoms with Gasteiger partial charge in [-0.15, -0.1) is 0 Å². The van der Waals surface area contributed by atoms with Crippen LogP contribution in [0.3, 0.4) is 0 Å². The number of carbonyl (C=O) groups is 1. The predicted molar refractivity (Wildman–Crippen MR) is 144 cm³/mol. The van der Waals surface area contributed by atoms with E-state index in [0.717, 1.165) is 56.2 Å². The highest BCUT2D eigenvalue weighted by Crippen LogP contribution is 2.23. The highest BCUT2D eigenvalue weighted by atomic mass is 35.5. The lowest BCUT2D eigenvalue weighted by Gasteiger charge is -2.43. The number of piperazine rings is 1. The minimum Gasteiger partial charge on any atom is -0.398 e. The number of hydrogen-bond donors (Lipinski definition) is 3. The molecule has 2 heterocycles. The maximum Gasteiger partial charge on any atom is 0.251 e. The molecule has 2 fully saturated rings. The molecule has 0 spiro atoms. The summed E-state index contributed by atoms with van der Waals surface area (Å²) < 4.78 is 5.32. The zero-order valence-electron chi connectivity index (χ0n) is 20.0. The van der Waals surface area contributed by atoms with Crippen LogP contribution in [0.25, 0.3) is 0 Å². The third-order valence-electron chi connectivity index (χ3n) is 6.95. The van der Waals surface area contributed by atoms with Gasteiger partial charge in [0.1, 0.15) is 0 Å². The van der Waals surface area contributed by atoms with Crippen molar-refractivity contribution < 1.29 is 9.53 Å². The Balaban J connectivity index is 1.24. The number of halogens is 1. The standard InChI is InChI=1S/C28H30ClN5O2/c29-25-4-2-1-3-21(25)16-32-28(35)20-7-10-26(30)24(15-20)27(31)19-5-8-22(9-6-19)33-11-13-34(14-12-33)23-17-36-18-23/h1-10,15,23,31H,11-14,16-18,30H2,(H,32,35). The van der Waals surface area contributed by atoms with Crippen molar-refractivity contribution in [2.45, 2.75) is 12.6 Å². The molecule has 2 aliphatic rings. The van der Waals surface area contributed by atoms with Crippen molar-refractivity contribution in [3.8, 4) is 0 Å². The Bertz CT molecular complexity index is 1250. The Labute approximate surface area is 216 Å². The van der Waals surface area contributed by atoms with Gasteiger partial charge in [-0.1, -0.05) is 41.9 Å². The van der Waals surface area contributed by atoms with Crippen molar-refractivity contribution in [1.82, 2.24) is 10.2 Å². The molecule has 36 heavy (non-hydrogen) atoms. The Morgan fingerprint density at radius 1 is 1.00 bits per heavy atom. The van der Waals surface area contributed by atoms with Crippen LogP contribution in [-0.2, 0) is 11.3 Å². The number of amides is 1. The first-order chi connectivity index (χ1) is 17.5. The molecule has 2 saturated heterocycles. The normalized spacial score (nSPS) is 16.4. The summed E-state index contributed by atoms with van der Waals surface area (Å²) in [5.74, 6) is -0.244. The molecule has 0 saturated carbocycles. The van der Waals surface area contributed by atoms with Crippen molar-refractivity contribution >= 4 is 34.6 Å². The maximum absolute atomic E-state index is 12.8. The molecule has 0 bridgehead atoms. The van der Waals surface area contributed by atoms with Gasteiger partial charge in [-0.25, -0.2) is 0 Å². The monoisotopic (exact) mass is 503 g/mol. The van der Waals surface area contributed by atoms with Crippen molar-refractivity contribution in [2.24, 2.45) is 0 Å². The van der Waals surface area contributed by atoms with Crippen LogP contribution in [0.5, 0.6) is 0 Å². The smallest absolute Gasteiger partial charge is 0.251 e. The topological polar surface area (TPSA) is 94.7 Å². The summed E-state index contributed by atoms with van der Waals surface area (Å²) >= 11 is 6.19. The van der Waals surface area contributed by atoms with Crippen LogP contribution < -0.4 is 16.0 Å². The summed E-state index contributed by atoms with van der Waals surface area (Å²) in [6, 6.07) is 21.0. The lowest BCUT2D eigenvalue weighted by Crippen LogP contribution is -2.56. The molecule has 4 N–H and O–H groups in total. The van der Waals surface area contributed by atoms with E-state index in [9.17, 15) is 4.79 Å². The van der Waals surface area contributed by atoms with Gasteiger partial charge >= 0.3 is 0 Å². The number of carbonyl (C=O) groups excluding carboxylic acids is 1. The first kappa shape index (κ1) is 24.3. The van der Waals surface area contributed by atoms with E-state index in [-0.39, 0.29) is 11.6 Å². The molecule has 7 nitrogen and oxygen atoms in total. The highest BCUT2D eigenvalue weighted by molar-refractivity contribution is 6.31. The number of nitrogen functional groups attached to an aromatic ring is 1. The Morgan fingerprint density at radius 3 is 2.36 bits per heavy atom. The molecule has 0 radical (unpaired) electrons. The zero-order chi connectivity index (χ0) is 25.1. The molecule has 0 atom stereocenters. The van der Waals surface area contributed by atoms with E-state index < -0.39 is 0 Å². The number of ether oxygens (including phenoxy) is 1. The summed E-state index contributed by atoms with van der Waals surface area (Å²) in [6.45, 7) is 6.05. The number of rotatable bonds is 7. The van der Waals surface area contributed by atoms with Gasteiger partial charge in [0.15, 0.2) is 0 Å². The van der Waals surface area contributed by atoms with E-state index in [4.69, 9.17) is 27.5 Å². The minimum atomic E-state index is -0.244. The van der Waals surface area contributed by atoms with Gasteiger partial charge in [0.2, 0.25) is 0 Å². The molecule has 8 heteroatoms. The van der Waals surface area contributed by atoms with E-state index in [2.05, 4.69) is 27.2 Å². The van der Waals surface area contributed by atoms with Crippen LogP contribution >= 0.6 is 11.6 Å². The fourth-order valence-electron chi connectivity index (χ4n) is 4.61. The second-order valence-electron chi connectivity index (χ2n) is 9.21. The first-order valence-corrected chi connectivity index (χ1v) is 12.5. The lowest BCUT2D eigenvalue weighted by molar-refractivity contribution is -0.0660. The summed E-state index contributed by atoms with van der Waals surface area (Å²) in [7, 11) is 0. The molecule has 0 aromatic heterocycles. The SMILES string of the molecule is N=C(c1ccc(N2CCN(C3COC3)CC2)cc1)c1cc(C(=O)NCc2ccccc2Cl)ccc1N. The third-order valence-corrected chi connectivity index (χ3v) is 7.32. The number of nitrogens with two attached hydrogens (primary N) is 1.